The van der Waals surface area contributed by atoms with Crippen molar-refractivity contribution in [2.24, 2.45) is 0 Å². The molecule has 2 aliphatic rings. The van der Waals surface area contributed by atoms with Crippen LogP contribution >= 0.6 is 0 Å². The summed E-state index contributed by atoms with van der Waals surface area (Å²) in [5, 5.41) is 3.15. The van der Waals surface area contributed by atoms with E-state index in [1.54, 1.807) is 30.3 Å². The standard InChI is InChI=1S/C21H28N6O3S/c1-4-17-20(28)26(3)18-13-23-21(25-19(18)27(17)15-7-5-6-8-15)24-14-9-11-16(12-10-14)31(29,30)22-2/h9-13,15,17,22H,4-8H2,1-3H3,(H,23,24,25)/t17-/m1/s1. The lowest BCUT2D eigenvalue weighted by Gasteiger charge is -2.43. The van der Waals surface area contributed by atoms with Crippen molar-refractivity contribution < 1.29 is 13.2 Å². The van der Waals surface area contributed by atoms with E-state index in [0.717, 1.165) is 31.5 Å². The van der Waals surface area contributed by atoms with Crippen molar-refractivity contribution in [1.29, 1.82) is 0 Å². The number of amides is 1. The fraction of sp³-hybridized carbons (Fsp3) is 0.476. The molecule has 0 saturated heterocycles. The third-order valence-corrected chi connectivity index (χ3v) is 7.53. The van der Waals surface area contributed by atoms with Gasteiger partial charge >= 0.3 is 0 Å². The van der Waals surface area contributed by atoms with Gasteiger partial charge in [0.25, 0.3) is 0 Å². The Bertz CT molecular complexity index is 1070. The maximum absolute atomic E-state index is 13.0. The first-order chi connectivity index (χ1) is 14.9. The van der Waals surface area contributed by atoms with E-state index in [1.165, 1.54) is 19.2 Å². The van der Waals surface area contributed by atoms with Gasteiger partial charge in [-0.15, -0.1) is 0 Å². The molecule has 1 aromatic heterocycles. The van der Waals surface area contributed by atoms with E-state index in [0.29, 0.717) is 29.8 Å². The van der Waals surface area contributed by atoms with Crippen LogP contribution in [0.2, 0.25) is 0 Å². The molecule has 31 heavy (non-hydrogen) atoms. The second-order valence-electron chi connectivity index (χ2n) is 7.93. The van der Waals surface area contributed by atoms with Crippen LogP contribution in [0.4, 0.5) is 23.1 Å². The second kappa shape index (κ2) is 8.43. The third kappa shape index (κ3) is 3.97. The highest BCUT2D eigenvalue weighted by atomic mass is 32.2. The van der Waals surface area contributed by atoms with Crippen molar-refractivity contribution in [2.75, 3.05) is 29.2 Å². The van der Waals surface area contributed by atoms with Gasteiger partial charge in [0.1, 0.15) is 11.7 Å². The molecule has 2 aromatic rings. The number of likely N-dealkylation sites (N-methyl/N-ethyl adjacent to an activating group) is 1. The minimum Gasteiger partial charge on any atom is -0.340 e. The number of nitrogens with zero attached hydrogens (tertiary/aromatic N) is 4. The van der Waals surface area contributed by atoms with Gasteiger partial charge in [0.2, 0.25) is 21.9 Å². The van der Waals surface area contributed by atoms with E-state index >= 15 is 0 Å². The zero-order chi connectivity index (χ0) is 22.2. The number of rotatable bonds is 6. The number of nitrogens with one attached hydrogen (secondary N) is 2. The minimum absolute atomic E-state index is 0.0764. The van der Waals surface area contributed by atoms with Crippen LogP contribution in [0.25, 0.3) is 0 Å². The Morgan fingerprint density at radius 1 is 1.16 bits per heavy atom. The molecule has 166 valence electrons. The maximum Gasteiger partial charge on any atom is 0.249 e. The molecular weight excluding hydrogens is 416 g/mol. The molecule has 4 rings (SSSR count). The maximum atomic E-state index is 13.0. The number of aromatic nitrogens is 2. The molecular formula is C21H28N6O3S. The van der Waals surface area contributed by atoms with E-state index in [2.05, 4.69) is 19.9 Å². The first-order valence-corrected chi connectivity index (χ1v) is 12.1. The number of hydrogen-bond donors (Lipinski definition) is 2. The van der Waals surface area contributed by atoms with Crippen molar-refractivity contribution >= 4 is 39.1 Å². The summed E-state index contributed by atoms with van der Waals surface area (Å²) in [5.41, 5.74) is 1.39. The summed E-state index contributed by atoms with van der Waals surface area (Å²) in [4.78, 5) is 26.2. The molecule has 1 atom stereocenters. The van der Waals surface area contributed by atoms with Crippen LogP contribution in [0.15, 0.2) is 35.4 Å². The number of carbonyl (C=O) groups is 1. The molecule has 10 heteroatoms. The number of benzene rings is 1. The first-order valence-electron chi connectivity index (χ1n) is 10.6. The van der Waals surface area contributed by atoms with Crippen molar-refractivity contribution in [1.82, 2.24) is 14.7 Å². The predicted molar refractivity (Wildman–Crippen MR) is 120 cm³/mol. The van der Waals surface area contributed by atoms with Crippen LogP contribution in [0.3, 0.4) is 0 Å². The molecule has 0 unspecified atom stereocenters. The molecule has 1 fully saturated rings. The van der Waals surface area contributed by atoms with Crippen molar-refractivity contribution in [3.8, 4) is 0 Å². The zero-order valence-corrected chi connectivity index (χ0v) is 18.8. The van der Waals surface area contributed by atoms with Crippen LogP contribution in [-0.2, 0) is 14.8 Å². The lowest BCUT2D eigenvalue weighted by Crippen LogP contribution is -2.55. The van der Waals surface area contributed by atoms with Crippen LogP contribution in [0.5, 0.6) is 0 Å². The molecule has 0 bridgehead atoms. The summed E-state index contributed by atoms with van der Waals surface area (Å²) in [6.45, 7) is 2.03. The number of hydrogen-bond acceptors (Lipinski definition) is 7. The highest BCUT2D eigenvalue weighted by molar-refractivity contribution is 7.89. The Labute approximate surface area is 182 Å². The molecule has 0 spiro atoms. The predicted octanol–water partition coefficient (Wildman–Crippen LogP) is 2.63. The monoisotopic (exact) mass is 444 g/mol. The molecule has 1 aliphatic carbocycles. The first kappa shape index (κ1) is 21.5. The zero-order valence-electron chi connectivity index (χ0n) is 18.0. The van der Waals surface area contributed by atoms with Crippen molar-refractivity contribution in [3.05, 3.63) is 30.5 Å². The fourth-order valence-electron chi connectivity index (χ4n) is 4.41. The fourth-order valence-corrected chi connectivity index (χ4v) is 5.14. The van der Waals surface area contributed by atoms with Crippen LogP contribution in [-0.4, -0.2) is 50.5 Å². The Morgan fingerprint density at radius 2 is 1.84 bits per heavy atom. The van der Waals surface area contributed by atoms with Gasteiger partial charge in [-0.05, 0) is 50.6 Å². The van der Waals surface area contributed by atoms with Gasteiger partial charge in [0.15, 0.2) is 5.82 Å². The van der Waals surface area contributed by atoms with Crippen LogP contribution in [0, 0.1) is 0 Å². The quantitative estimate of drug-likeness (QED) is 0.705. The van der Waals surface area contributed by atoms with Gasteiger partial charge in [-0.2, -0.15) is 4.98 Å². The number of fused-ring (bicyclic) bond motifs is 1. The average Bonchev–Trinajstić information content (AvgIpc) is 3.30. The highest BCUT2D eigenvalue weighted by Gasteiger charge is 2.41. The third-order valence-electron chi connectivity index (χ3n) is 6.10. The summed E-state index contributed by atoms with van der Waals surface area (Å²) in [7, 11) is -0.340. The number of sulfonamides is 1. The smallest absolute Gasteiger partial charge is 0.249 e. The highest BCUT2D eigenvalue weighted by Crippen LogP contribution is 2.40. The largest absolute Gasteiger partial charge is 0.340 e. The van der Waals surface area contributed by atoms with Gasteiger partial charge in [-0.3, -0.25) is 4.79 Å². The van der Waals surface area contributed by atoms with Gasteiger partial charge in [0.05, 0.1) is 11.1 Å². The Balaban J connectivity index is 1.66. The molecule has 9 nitrogen and oxygen atoms in total. The minimum atomic E-state index is -3.49. The summed E-state index contributed by atoms with van der Waals surface area (Å²) in [5.74, 6) is 1.25. The SMILES string of the molecule is CC[C@@H]1C(=O)N(C)c2cnc(Nc3ccc(S(=O)(=O)NC)cc3)nc2N1C1CCCC1. The Hall–Kier alpha value is -2.72. The van der Waals surface area contributed by atoms with E-state index in [4.69, 9.17) is 4.98 Å². The molecule has 1 aliphatic heterocycles. The van der Waals surface area contributed by atoms with Gasteiger partial charge in [-0.1, -0.05) is 19.8 Å². The topological polar surface area (TPSA) is 108 Å². The van der Waals surface area contributed by atoms with Crippen LogP contribution < -0.4 is 19.8 Å². The summed E-state index contributed by atoms with van der Waals surface area (Å²) >= 11 is 0. The van der Waals surface area contributed by atoms with Crippen molar-refractivity contribution in [2.45, 2.75) is 56.0 Å². The summed E-state index contributed by atoms with van der Waals surface area (Å²) in [6, 6.07) is 6.47. The Morgan fingerprint density at radius 3 is 2.45 bits per heavy atom. The van der Waals surface area contributed by atoms with Crippen molar-refractivity contribution in [3.63, 3.8) is 0 Å². The van der Waals surface area contributed by atoms with E-state index in [1.807, 2.05) is 6.92 Å². The van der Waals surface area contributed by atoms with Gasteiger partial charge in [-0.25, -0.2) is 18.1 Å². The van der Waals surface area contributed by atoms with Gasteiger partial charge < -0.3 is 15.1 Å². The lowest BCUT2D eigenvalue weighted by atomic mass is 10.0. The summed E-state index contributed by atoms with van der Waals surface area (Å²) < 4.78 is 26.1. The van der Waals surface area contributed by atoms with E-state index in [9.17, 15) is 13.2 Å². The van der Waals surface area contributed by atoms with E-state index < -0.39 is 10.0 Å². The summed E-state index contributed by atoms with van der Waals surface area (Å²) in [6.07, 6.45) is 6.83. The average molecular weight is 445 g/mol. The second-order valence-corrected chi connectivity index (χ2v) is 9.81. The Kier molecular flexibility index (Phi) is 5.85. The molecule has 0 radical (unpaired) electrons. The molecule has 2 N–H and O–H groups in total. The number of anilines is 4. The van der Waals surface area contributed by atoms with Gasteiger partial charge in [0, 0.05) is 18.8 Å². The molecule has 1 saturated carbocycles. The normalized spacial score (nSPS) is 19.6. The van der Waals surface area contributed by atoms with Crippen LogP contribution in [0.1, 0.15) is 39.0 Å². The molecule has 2 heterocycles. The lowest BCUT2D eigenvalue weighted by molar-refractivity contribution is -0.120. The van der Waals surface area contributed by atoms with E-state index in [-0.39, 0.29) is 16.8 Å². The molecule has 1 amide bonds. The molecule has 1 aromatic carbocycles. The number of carbonyl (C=O) groups excluding carboxylic acids is 1.